The maximum Gasteiger partial charge on any atom is 0.326 e. The van der Waals surface area contributed by atoms with Crippen LogP contribution < -0.4 is 5.32 Å². The molecule has 0 radical (unpaired) electrons. The maximum atomic E-state index is 12.1. The number of sulfonamides is 1. The molecule has 0 aromatic heterocycles. The molecule has 1 aliphatic heterocycles. The molecule has 2 atom stereocenters. The molecule has 0 spiro atoms. The van der Waals surface area contributed by atoms with Gasteiger partial charge in [-0.15, -0.1) is 0 Å². The number of carboxylic acid groups (broad SMARTS) is 1. The Morgan fingerprint density at radius 2 is 1.92 bits per heavy atom. The second kappa shape index (κ2) is 10.2. The van der Waals surface area contributed by atoms with Crippen LogP contribution in [0, 0.1) is 0 Å². The number of carboxylic acids is 1. The van der Waals surface area contributed by atoms with Gasteiger partial charge in [-0.1, -0.05) is 13.8 Å². The zero-order chi connectivity index (χ0) is 18.9. The lowest BCUT2D eigenvalue weighted by Crippen LogP contribution is -2.50. The third kappa shape index (κ3) is 7.26. The molecule has 1 heterocycles. The van der Waals surface area contributed by atoms with Gasteiger partial charge in [-0.2, -0.15) is 4.31 Å². The van der Waals surface area contributed by atoms with Crippen LogP contribution in [0.2, 0.25) is 0 Å². The van der Waals surface area contributed by atoms with E-state index in [9.17, 15) is 22.8 Å². The van der Waals surface area contributed by atoms with E-state index in [2.05, 4.69) is 10.1 Å². The van der Waals surface area contributed by atoms with Gasteiger partial charge >= 0.3 is 11.9 Å². The third-order valence-corrected chi connectivity index (χ3v) is 4.55. The van der Waals surface area contributed by atoms with Crippen molar-refractivity contribution >= 4 is 27.9 Å². The van der Waals surface area contributed by atoms with Gasteiger partial charge in [-0.05, 0) is 12.8 Å². The van der Waals surface area contributed by atoms with Crippen molar-refractivity contribution in [2.45, 2.75) is 52.1 Å². The summed E-state index contributed by atoms with van der Waals surface area (Å²) in [5.41, 5.74) is 0. The van der Waals surface area contributed by atoms with Crippen LogP contribution in [0.4, 0.5) is 0 Å². The molecule has 1 amide bonds. The molecule has 10 heteroatoms. The Morgan fingerprint density at radius 1 is 1.33 bits per heavy atom. The number of aliphatic carboxylic acids is 1. The minimum Gasteiger partial charge on any atom is -0.480 e. The summed E-state index contributed by atoms with van der Waals surface area (Å²) in [5.74, 6) is -2.47. The molecule has 24 heavy (non-hydrogen) atoms. The summed E-state index contributed by atoms with van der Waals surface area (Å²) in [4.78, 5) is 33.9. The van der Waals surface area contributed by atoms with E-state index in [1.807, 2.05) is 13.8 Å². The van der Waals surface area contributed by atoms with Gasteiger partial charge in [-0.25, -0.2) is 13.2 Å². The standard InChI is InChI=1S/C12H20N2O7S.C2H6/c1-8(15)21-7-5-9(12(17)18)13-11(16)10-4-3-6-14(10)22(2,19)20;1-2/h9-10H,3-7H2,1-2H3,(H,13,16)(H,17,18);1-2H3/t9-,10-;/m0./s1. The van der Waals surface area contributed by atoms with Crippen LogP contribution in [0.5, 0.6) is 0 Å². The highest BCUT2D eigenvalue weighted by molar-refractivity contribution is 7.88. The van der Waals surface area contributed by atoms with Crippen molar-refractivity contribution in [2.75, 3.05) is 19.4 Å². The van der Waals surface area contributed by atoms with E-state index in [0.29, 0.717) is 12.8 Å². The molecule has 9 nitrogen and oxygen atoms in total. The highest BCUT2D eigenvalue weighted by atomic mass is 32.2. The van der Waals surface area contributed by atoms with Gasteiger partial charge in [0.05, 0.1) is 12.9 Å². The molecule has 140 valence electrons. The van der Waals surface area contributed by atoms with E-state index >= 15 is 0 Å². The fraction of sp³-hybridized carbons (Fsp3) is 0.786. The topological polar surface area (TPSA) is 130 Å². The zero-order valence-corrected chi connectivity index (χ0v) is 15.3. The van der Waals surface area contributed by atoms with Crippen LogP contribution in [0.3, 0.4) is 0 Å². The van der Waals surface area contributed by atoms with E-state index in [0.717, 1.165) is 10.6 Å². The highest BCUT2D eigenvalue weighted by Crippen LogP contribution is 2.20. The Hall–Kier alpha value is -1.68. The summed E-state index contributed by atoms with van der Waals surface area (Å²) < 4.78 is 28.9. The molecule has 0 bridgehead atoms. The van der Waals surface area contributed by atoms with Crippen molar-refractivity contribution in [1.82, 2.24) is 9.62 Å². The average molecular weight is 366 g/mol. The highest BCUT2D eigenvalue weighted by Gasteiger charge is 2.37. The molecule has 2 N–H and O–H groups in total. The first kappa shape index (κ1) is 22.3. The summed E-state index contributed by atoms with van der Waals surface area (Å²) in [7, 11) is -3.53. The van der Waals surface area contributed by atoms with Gasteiger partial charge < -0.3 is 15.2 Å². The van der Waals surface area contributed by atoms with Crippen molar-refractivity contribution in [3.8, 4) is 0 Å². The quantitative estimate of drug-likeness (QED) is 0.605. The first-order chi connectivity index (χ1) is 11.1. The Kier molecular flexibility index (Phi) is 9.52. The number of hydrogen-bond acceptors (Lipinski definition) is 6. The summed E-state index contributed by atoms with van der Waals surface area (Å²) in [6, 6.07) is -2.14. The van der Waals surface area contributed by atoms with Crippen molar-refractivity contribution in [3.63, 3.8) is 0 Å². The Bertz CT molecular complexity index is 547. The second-order valence-corrected chi connectivity index (χ2v) is 6.99. The molecule has 1 saturated heterocycles. The number of nitrogens with zero attached hydrogens (tertiary/aromatic N) is 1. The minimum absolute atomic E-state index is 0.0910. The van der Waals surface area contributed by atoms with Gasteiger partial charge in [0.2, 0.25) is 15.9 Å². The second-order valence-electron chi connectivity index (χ2n) is 5.06. The van der Waals surface area contributed by atoms with Crippen molar-refractivity contribution in [2.24, 2.45) is 0 Å². The summed E-state index contributed by atoms with van der Waals surface area (Å²) >= 11 is 0. The van der Waals surface area contributed by atoms with Gasteiger partial charge in [-0.3, -0.25) is 9.59 Å². The van der Waals surface area contributed by atoms with E-state index in [1.165, 1.54) is 6.92 Å². The fourth-order valence-electron chi connectivity index (χ4n) is 2.24. The van der Waals surface area contributed by atoms with Crippen LogP contribution in [0.15, 0.2) is 0 Å². The molecule has 0 unspecified atom stereocenters. The van der Waals surface area contributed by atoms with Gasteiger partial charge in [0.15, 0.2) is 0 Å². The fourth-order valence-corrected chi connectivity index (χ4v) is 3.37. The van der Waals surface area contributed by atoms with Crippen LogP contribution in [-0.2, 0) is 29.1 Å². The number of amides is 1. The smallest absolute Gasteiger partial charge is 0.326 e. The Labute approximate surface area is 142 Å². The Balaban J connectivity index is 0.00000254. The molecule has 1 rings (SSSR count). The van der Waals surface area contributed by atoms with E-state index in [-0.39, 0.29) is 19.6 Å². The largest absolute Gasteiger partial charge is 0.480 e. The number of nitrogens with one attached hydrogen (secondary N) is 1. The van der Waals surface area contributed by atoms with Gasteiger partial charge in [0.1, 0.15) is 12.1 Å². The first-order valence-electron chi connectivity index (χ1n) is 7.76. The number of carbonyl (C=O) groups excluding carboxylic acids is 2. The normalized spacial score (nSPS) is 18.9. The zero-order valence-electron chi connectivity index (χ0n) is 14.4. The molecular formula is C14H26N2O7S. The van der Waals surface area contributed by atoms with Crippen molar-refractivity contribution in [1.29, 1.82) is 0 Å². The van der Waals surface area contributed by atoms with Crippen LogP contribution in [-0.4, -0.2) is 67.2 Å². The molecule has 1 fully saturated rings. The van der Waals surface area contributed by atoms with Crippen LogP contribution >= 0.6 is 0 Å². The van der Waals surface area contributed by atoms with Crippen LogP contribution in [0.1, 0.15) is 40.0 Å². The van der Waals surface area contributed by atoms with Gasteiger partial charge in [0.25, 0.3) is 0 Å². The molecule has 1 aliphatic rings. The first-order valence-corrected chi connectivity index (χ1v) is 9.61. The number of hydrogen-bond donors (Lipinski definition) is 2. The number of esters is 1. The molecule has 0 aromatic carbocycles. The lowest BCUT2D eigenvalue weighted by molar-refractivity contribution is -0.146. The number of rotatable bonds is 7. The molecule has 0 aliphatic carbocycles. The average Bonchev–Trinajstić information content (AvgIpc) is 2.97. The maximum absolute atomic E-state index is 12.1. The monoisotopic (exact) mass is 366 g/mol. The summed E-state index contributed by atoms with van der Waals surface area (Å²) in [6.07, 6.45) is 1.80. The Morgan fingerprint density at radius 3 is 2.38 bits per heavy atom. The van der Waals surface area contributed by atoms with Crippen molar-refractivity contribution in [3.05, 3.63) is 0 Å². The van der Waals surface area contributed by atoms with Crippen molar-refractivity contribution < 1.29 is 32.6 Å². The van der Waals surface area contributed by atoms with E-state index < -0.39 is 40.0 Å². The lowest BCUT2D eigenvalue weighted by atomic mass is 10.1. The SMILES string of the molecule is CC.CC(=O)OCC[C@H](NC(=O)[C@@H]1CCCN1S(C)(=O)=O)C(=O)O. The summed E-state index contributed by atoms with van der Waals surface area (Å²) in [6.45, 7) is 5.28. The number of carbonyl (C=O) groups is 3. The number of ether oxygens (including phenoxy) is 1. The van der Waals surface area contributed by atoms with Gasteiger partial charge in [0, 0.05) is 19.9 Å². The predicted molar refractivity (Wildman–Crippen MR) is 86.7 cm³/mol. The lowest BCUT2D eigenvalue weighted by Gasteiger charge is -2.23. The summed E-state index contributed by atoms with van der Waals surface area (Å²) in [5, 5.41) is 11.4. The minimum atomic E-state index is -3.53. The molecule has 0 saturated carbocycles. The van der Waals surface area contributed by atoms with Crippen LogP contribution in [0.25, 0.3) is 0 Å². The van der Waals surface area contributed by atoms with E-state index in [4.69, 9.17) is 5.11 Å². The predicted octanol–water partition coefficient (Wildman–Crippen LogP) is -0.0408. The molecule has 0 aromatic rings. The van der Waals surface area contributed by atoms with E-state index in [1.54, 1.807) is 0 Å². The molecular weight excluding hydrogens is 340 g/mol. The third-order valence-electron chi connectivity index (χ3n) is 3.26.